The quantitative estimate of drug-likeness (QED) is 0.731. The topological polar surface area (TPSA) is 71.8 Å². The van der Waals surface area contributed by atoms with Crippen LogP contribution in [0.1, 0.15) is 11.3 Å². The zero-order valence-corrected chi connectivity index (χ0v) is 10.2. The second kappa shape index (κ2) is 3.82. The number of hydrogen-bond acceptors (Lipinski definition) is 5. The molecule has 0 fully saturated rings. The third-order valence-corrected chi connectivity index (χ3v) is 3.84. The predicted molar refractivity (Wildman–Crippen MR) is 67.3 cm³/mol. The number of aromatic nitrogens is 1. The Bertz CT molecular complexity index is 670. The van der Waals surface area contributed by atoms with Gasteiger partial charge in [-0.25, -0.2) is 0 Å². The number of fused-ring (bicyclic) bond motifs is 4. The molecule has 5 nitrogen and oxygen atoms in total. The number of benzene rings is 1. The normalized spacial score (nSPS) is 24.5. The molecule has 5 heteroatoms. The van der Waals surface area contributed by atoms with Gasteiger partial charge >= 0.3 is 0 Å². The van der Waals surface area contributed by atoms with Crippen molar-refractivity contribution in [2.24, 2.45) is 0 Å². The van der Waals surface area contributed by atoms with Crippen LogP contribution in [-0.4, -0.2) is 34.2 Å². The number of aliphatic hydroxyl groups is 2. The summed E-state index contributed by atoms with van der Waals surface area (Å²) in [6, 6.07) is 3.84. The molecule has 0 unspecified atom stereocenters. The molecule has 2 N–H and O–H groups in total. The van der Waals surface area contributed by atoms with Gasteiger partial charge in [-0.05, 0) is 23.1 Å². The summed E-state index contributed by atoms with van der Waals surface area (Å²) < 4.78 is 10.7. The zero-order chi connectivity index (χ0) is 13.0. The Labute approximate surface area is 109 Å². The molecule has 1 aliphatic carbocycles. The number of nitrogens with zero attached hydrogens (tertiary/aromatic N) is 1. The van der Waals surface area contributed by atoms with Crippen LogP contribution in [0.15, 0.2) is 18.3 Å². The van der Waals surface area contributed by atoms with Crippen molar-refractivity contribution in [3.05, 3.63) is 29.6 Å². The van der Waals surface area contributed by atoms with Gasteiger partial charge in [0.1, 0.15) is 0 Å². The Morgan fingerprint density at radius 3 is 2.63 bits per heavy atom. The fourth-order valence-electron chi connectivity index (χ4n) is 2.79. The average molecular weight is 259 g/mol. The van der Waals surface area contributed by atoms with Gasteiger partial charge in [-0.2, -0.15) is 0 Å². The molecule has 2 aliphatic rings. The third kappa shape index (κ3) is 1.59. The average Bonchev–Trinajstić information content (AvgIpc) is 2.85. The molecule has 0 radical (unpaired) electrons. The van der Waals surface area contributed by atoms with E-state index in [0.29, 0.717) is 12.8 Å². The highest BCUT2D eigenvalue weighted by Crippen LogP contribution is 2.38. The largest absolute Gasteiger partial charge is 0.454 e. The van der Waals surface area contributed by atoms with E-state index in [4.69, 9.17) is 9.47 Å². The summed E-state index contributed by atoms with van der Waals surface area (Å²) in [6.07, 6.45) is 1.12. The van der Waals surface area contributed by atoms with Gasteiger partial charge in [0.05, 0.1) is 12.2 Å². The van der Waals surface area contributed by atoms with Crippen molar-refractivity contribution in [1.29, 1.82) is 0 Å². The van der Waals surface area contributed by atoms with E-state index in [1.165, 1.54) is 0 Å². The first-order valence-corrected chi connectivity index (χ1v) is 6.28. The first-order valence-electron chi connectivity index (χ1n) is 6.28. The lowest BCUT2D eigenvalue weighted by Gasteiger charge is -2.26. The van der Waals surface area contributed by atoms with Crippen molar-refractivity contribution in [1.82, 2.24) is 4.98 Å². The molecule has 2 aromatic rings. The van der Waals surface area contributed by atoms with Gasteiger partial charge in [0, 0.05) is 30.1 Å². The highest BCUT2D eigenvalue weighted by molar-refractivity contribution is 5.89. The van der Waals surface area contributed by atoms with Crippen molar-refractivity contribution in [2.45, 2.75) is 25.0 Å². The summed E-state index contributed by atoms with van der Waals surface area (Å²) in [6.45, 7) is 0.239. The molecule has 1 aromatic heterocycles. The van der Waals surface area contributed by atoms with E-state index in [9.17, 15) is 10.2 Å². The van der Waals surface area contributed by atoms with E-state index < -0.39 is 12.2 Å². The van der Waals surface area contributed by atoms with Crippen molar-refractivity contribution in [3.8, 4) is 11.5 Å². The molecular formula is C14H13NO4. The minimum absolute atomic E-state index is 0.239. The molecule has 0 saturated carbocycles. The number of aliphatic hydroxyl groups excluding tert-OH is 2. The van der Waals surface area contributed by atoms with E-state index >= 15 is 0 Å². The fraction of sp³-hybridized carbons (Fsp3) is 0.357. The highest BCUT2D eigenvalue weighted by atomic mass is 16.7. The maximum absolute atomic E-state index is 9.84. The first-order chi connectivity index (χ1) is 9.22. The summed E-state index contributed by atoms with van der Waals surface area (Å²) in [4.78, 5) is 4.39. The summed E-state index contributed by atoms with van der Waals surface area (Å²) in [5.74, 6) is 1.45. The van der Waals surface area contributed by atoms with E-state index in [1.807, 2.05) is 12.1 Å². The van der Waals surface area contributed by atoms with E-state index in [0.717, 1.165) is 33.5 Å². The van der Waals surface area contributed by atoms with Crippen LogP contribution in [0.5, 0.6) is 11.5 Å². The van der Waals surface area contributed by atoms with Crippen LogP contribution in [0.3, 0.4) is 0 Å². The van der Waals surface area contributed by atoms with Gasteiger partial charge in [-0.15, -0.1) is 0 Å². The van der Waals surface area contributed by atoms with E-state index in [2.05, 4.69) is 4.98 Å². The maximum atomic E-state index is 9.84. The van der Waals surface area contributed by atoms with Crippen LogP contribution in [0.2, 0.25) is 0 Å². The van der Waals surface area contributed by atoms with Crippen LogP contribution in [0.25, 0.3) is 10.8 Å². The van der Waals surface area contributed by atoms with Crippen LogP contribution < -0.4 is 9.47 Å². The van der Waals surface area contributed by atoms with Crippen LogP contribution in [0, 0.1) is 0 Å². The van der Waals surface area contributed by atoms with Crippen molar-refractivity contribution >= 4 is 10.8 Å². The second-order valence-electron chi connectivity index (χ2n) is 5.02. The molecule has 2 heterocycles. The minimum Gasteiger partial charge on any atom is -0.454 e. The predicted octanol–water partition coefficient (Wildman–Crippen LogP) is 0.784. The molecule has 4 rings (SSSR count). The lowest BCUT2D eigenvalue weighted by atomic mass is 9.88. The molecule has 1 aromatic carbocycles. The first kappa shape index (κ1) is 11.0. The van der Waals surface area contributed by atoms with Gasteiger partial charge in [-0.1, -0.05) is 0 Å². The number of rotatable bonds is 0. The second-order valence-corrected chi connectivity index (χ2v) is 5.02. The van der Waals surface area contributed by atoms with Crippen LogP contribution >= 0.6 is 0 Å². The molecule has 98 valence electrons. The summed E-state index contributed by atoms with van der Waals surface area (Å²) in [7, 11) is 0. The van der Waals surface area contributed by atoms with E-state index in [-0.39, 0.29) is 6.79 Å². The minimum atomic E-state index is -0.731. The maximum Gasteiger partial charge on any atom is 0.231 e. The Balaban J connectivity index is 1.95. The van der Waals surface area contributed by atoms with Crippen molar-refractivity contribution in [3.63, 3.8) is 0 Å². The van der Waals surface area contributed by atoms with Gasteiger partial charge in [0.25, 0.3) is 0 Å². The Morgan fingerprint density at radius 1 is 1.05 bits per heavy atom. The molecule has 1 aliphatic heterocycles. The molecule has 2 atom stereocenters. The Morgan fingerprint density at radius 2 is 1.79 bits per heavy atom. The van der Waals surface area contributed by atoms with Crippen LogP contribution in [-0.2, 0) is 12.8 Å². The summed E-state index contributed by atoms with van der Waals surface area (Å²) in [5.41, 5.74) is 1.85. The molecular weight excluding hydrogens is 246 g/mol. The molecule has 19 heavy (non-hydrogen) atoms. The SMILES string of the molecule is O[C@@H]1Cc2ncc3cc4c(cc3c2C[C@@H]1O)OCO4. The Hall–Kier alpha value is -1.85. The highest BCUT2D eigenvalue weighted by Gasteiger charge is 2.28. The smallest absolute Gasteiger partial charge is 0.231 e. The van der Waals surface area contributed by atoms with Crippen molar-refractivity contribution in [2.75, 3.05) is 6.79 Å². The van der Waals surface area contributed by atoms with Crippen molar-refractivity contribution < 1.29 is 19.7 Å². The lowest BCUT2D eigenvalue weighted by molar-refractivity contribution is 0.0136. The van der Waals surface area contributed by atoms with Gasteiger partial charge in [0.15, 0.2) is 11.5 Å². The lowest BCUT2D eigenvalue weighted by Crippen LogP contribution is -2.35. The summed E-state index contributed by atoms with van der Waals surface area (Å²) in [5, 5.41) is 21.5. The fourth-order valence-corrected chi connectivity index (χ4v) is 2.79. The third-order valence-electron chi connectivity index (χ3n) is 3.84. The Kier molecular flexibility index (Phi) is 2.22. The van der Waals surface area contributed by atoms with Gasteiger partial charge in [0.2, 0.25) is 6.79 Å². The zero-order valence-electron chi connectivity index (χ0n) is 10.2. The number of ether oxygens (including phenoxy) is 2. The summed E-state index contributed by atoms with van der Waals surface area (Å²) >= 11 is 0. The van der Waals surface area contributed by atoms with E-state index in [1.54, 1.807) is 6.20 Å². The standard InChI is InChI=1S/C14H13NO4/c16-11-2-9-8-3-14-13(18-6-19-14)1-7(8)5-15-10(9)4-12(11)17/h1,3,5,11-12,16-17H,2,4,6H2/t11-,12+/m0/s1. The van der Waals surface area contributed by atoms with Gasteiger partial charge in [-0.3, -0.25) is 4.98 Å². The molecule has 0 amide bonds. The molecule has 0 spiro atoms. The molecule has 0 saturated heterocycles. The number of pyridine rings is 1. The molecule has 0 bridgehead atoms. The van der Waals surface area contributed by atoms with Crippen LogP contribution in [0.4, 0.5) is 0 Å². The monoisotopic (exact) mass is 259 g/mol. The van der Waals surface area contributed by atoms with Gasteiger partial charge < -0.3 is 19.7 Å². The number of hydrogen-bond donors (Lipinski definition) is 2.